The van der Waals surface area contributed by atoms with Crippen LogP contribution < -0.4 is 4.90 Å². The molecule has 1 aromatic heterocycles. The monoisotopic (exact) mass is 411 g/mol. The van der Waals surface area contributed by atoms with Crippen LogP contribution in [0, 0.1) is 0 Å². The molecule has 0 radical (unpaired) electrons. The van der Waals surface area contributed by atoms with Crippen molar-refractivity contribution in [3.63, 3.8) is 0 Å². The minimum absolute atomic E-state index is 0.262. The number of rotatable bonds is 6. The van der Waals surface area contributed by atoms with Crippen LogP contribution in [-0.2, 0) is 16.8 Å². The Balaban J connectivity index is 1.65. The Kier molecular flexibility index (Phi) is 5.06. The average Bonchev–Trinajstić information content (AvgIpc) is 3.30. The van der Waals surface area contributed by atoms with E-state index in [0.717, 1.165) is 5.56 Å². The highest BCUT2D eigenvalue weighted by molar-refractivity contribution is 7.12. The van der Waals surface area contributed by atoms with E-state index in [1.807, 2.05) is 30.3 Å². The fraction of sp³-hybridized carbons (Fsp3) is 0.182. The lowest BCUT2D eigenvalue weighted by atomic mass is 9.89. The van der Waals surface area contributed by atoms with E-state index < -0.39 is 11.5 Å². The molecule has 0 bridgehead atoms. The molecule has 2 aromatic carbocycles. The van der Waals surface area contributed by atoms with Gasteiger partial charge in [0, 0.05) is 17.1 Å². The first-order valence-electron chi connectivity index (χ1n) is 8.94. The molecule has 0 aliphatic carbocycles. The molecule has 1 aliphatic heterocycles. The number of carbonyl (C=O) groups excluding carboxylic acids is 2. The molecule has 4 nitrogen and oxygen atoms in total. The molecule has 1 amide bonds. The molecule has 4 rings (SSSR count). The van der Waals surface area contributed by atoms with Crippen LogP contribution in [0.4, 0.5) is 5.69 Å². The SMILES string of the molecule is O=C(C[C@@]1(O)C(=O)N(CCc2ccccc2)c2ccc(Cl)cc21)c1cccs1. The Morgan fingerprint density at radius 1 is 1.11 bits per heavy atom. The van der Waals surface area contributed by atoms with Gasteiger partial charge in [0.2, 0.25) is 0 Å². The fourth-order valence-corrected chi connectivity index (χ4v) is 4.39. The number of thiophene rings is 1. The molecule has 0 saturated carbocycles. The number of aliphatic hydroxyl groups is 1. The van der Waals surface area contributed by atoms with Crippen LogP contribution in [0.2, 0.25) is 5.02 Å². The van der Waals surface area contributed by atoms with E-state index in [9.17, 15) is 14.7 Å². The molecule has 142 valence electrons. The third-order valence-corrected chi connectivity index (χ3v) is 6.12. The van der Waals surface area contributed by atoms with Crippen molar-refractivity contribution in [3.8, 4) is 0 Å². The van der Waals surface area contributed by atoms with Crippen LogP contribution in [0.5, 0.6) is 0 Å². The quantitative estimate of drug-likeness (QED) is 0.609. The lowest BCUT2D eigenvalue weighted by Crippen LogP contribution is -2.42. The molecule has 0 saturated heterocycles. The molecule has 0 fully saturated rings. The Hall–Kier alpha value is -2.47. The van der Waals surface area contributed by atoms with Crippen LogP contribution in [0.15, 0.2) is 66.0 Å². The molecule has 2 heterocycles. The van der Waals surface area contributed by atoms with Gasteiger partial charge in [-0.3, -0.25) is 9.59 Å². The average molecular weight is 412 g/mol. The van der Waals surface area contributed by atoms with Gasteiger partial charge in [-0.05, 0) is 41.6 Å². The van der Waals surface area contributed by atoms with E-state index in [-0.39, 0.29) is 12.2 Å². The van der Waals surface area contributed by atoms with Crippen molar-refractivity contribution in [2.24, 2.45) is 0 Å². The summed E-state index contributed by atoms with van der Waals surface area (Å²) in [4.78, 5) is 27.9. The normalized spacial score (nSPS) is 18.4. The number of hydrogen-bond acceptors (Lipinski definition) is 4. The van der Waals surface area contributed by atoms with E-state index in [2.05, 4.69) is 0 Å². The highest BCUT2D eigenvalue weighted by Crippen LogP contribution is 2.44. The first-order chi connectivity index (χ1) is 13.5. The Bertz CT molecular complexity index is 1020. The summed E-state index contributed by atoms with van der Waals surface area (Å²) in [5, 5.41) is 13.5. The van der Waals surface area contributed by atoms with Gasteiger partial charge in [0.15, 0.2) is 11.4 Å². The van der Waals surface area contributed by atoms with Gasteiger partial charge < -0.3 is 10.0 Å². The van der Waals surface area contributed by atoms with E-state index in [4.69, 9.17) is 11.6 Å². The van der Waals surface area contributed by atoms with Gasteiger partial charge in [-0.2, -0.15) is 0 Å². The molecular formula is C22H18ClNO3S. The van der Waals surface area contributed by atoms with E-state index in [1.54, 1.807) is 40.6 Å². The molecule has 0 unspecified atom stereocenters. The highest BCUT2D eigenvalue weighted by Gasteiger charge is 2.51. The fourth-order valence-electron chi connectivity index (χ4n) is 3.56. The summed E-state index contributed by atoms with van der Waals surface area (Å²) in [6.07, 6.45) is 0.338. The van der Waals surface area contributed by atoms with Gasteiger partial charge in [-0.1, -0.05) is 48.0 Å². The Morgan fingerprint density at radius 3 is 2.61 bits per heavy atom. The van der Waals surface area contributed by atoms with Gasteiger partial charge in [0.25, 0.3) is 5.91 Å². The van der Waals surface area contributed by atoms with Crippen LogP contribution in [-0.4, -0.2) is 23.3 Å². The van der Waals surface area contributed by atoms with Gasteiger partial charge in [0.05, 0.1) is 17.0 Å². The van der Waals surface area contributed by atoms with Gasteiger partial charge in [-0.15, -0.1) is 11.3 Å². The maximum Gasteiger partial charge on any atom is 0.264 e. The van der Waals surface area contributed by atoms with Crippen LogP contribution in [0.25, 0.3) is 0 Å². The molecule has 1 aliphatic rings. The van der Waals surface area contributed by atoms with Crippen LogP contribution >= 0.6 is 22.9 Å². The first kappa shape index (κ1) is 18.9. The van der Waals surface area contributed by atoms with Crippen LogP contribution in [0.3, 0.4) is 0 Å². The van der Waals surface area contributed by atoms with Crippen molar-refractivity contribution < 1.29 is 14.7 Å². The number of anilines is 1. The number of fused-ring (bicyclic) bond motifs is 1. The number of hydrogen-bond donors (Lipinski definition) is 1. The van der Waals surface area contributed by atoms with Crippen molar-refractivity contribution in [3.05, 3.63) is 87.1 Å². The lowest BCUT2D eigenvalue weighted by Gasteiger charge is -2.22. The molecule has 0 spiro atoms. The summed E-state index contributed by atoms with van der Waals surface area (Å²) in [5.74, 6) is -0.743. The second-order valence-corrected chi connectivity index (χ2v) is 8.18. The second-order valence-electron chi connectivity index (χ2n) is 6.79. The number of carbonyl (C=O) groups is 2. The van der Waals surface area contributed by atoms with Crippen molar-refractivity contribution >= 4 is 40.3 Å². The second kappa shape index (κ2) is 7.51. The third-order valence-electron chi connectivity index (χ3n) is 4.97. The molecule has 1 N–H and O–H groups in total. The minimum atomic E-state index is -1.90. The third kappa shape index (κ3) is 3.37. The summed E-state index contributed by atoms with van der Waals surface area (Å²) in [6, 6.07) is 18.3. The Morgan fingerprint density at radius 2 is 1.89 bits per heavy atom. The largest absolute Gasteiger partial charge is 0.375 e. The number of Topliss-reactive ketones (excluding diaryl/α,β-unsaturated/α-hetero) is 1. The zero-order chi connectivity index (χ0) is 19.7. The summed E-state index contributed by atoms with van der Waals surface area (Å²) in [5.41, 5.74) is 0.184. The molecule has 28 heavy (non-hydrogen) atoms. The van der Waals surface area contributed by atoms with E-state index in [0.29, 0.717) is 34.1 Å². The predicted molar refractivity (Wildman–Crippen MR) is 111 cm³/mol. The number of ketones is 1. The summed E-state index contributed by atoms with van der Waals surface area (Å²) in [6.45, 7) is 0.410. The summed E-state index contributed by atoms with van der Waals surface area (Å²) in [7, 11) is 0. The van der Waals surface area contributed by atoms with Crippen LogP contribution in [0.1, 0.15) is 27.2 Å². The molecule has 1 atom stereocenters. The Labute approximate surface area is 172 Å². The molecule has 3 aromatic rings. The standard InChI is InChI=1S/C22H18ClNO3S/c23-16-8-9-18-17(13-16)22(27,14-19(25)20-7-4-12-28-20)21(26)24(18)11-10-15-5-2-1-3-6-15/h1-9,12-13,27H,10-11,14H2/t22-/m0/s1. The van der Waals surface area contributed by atoms with Crippen molar-refractivity contribution in [2.75, 3.05) is 11.4 Å². The zero-order valence-corrected chi connectivity index (χ0v) is 16.5. The zero-order valence-electron chi connectivity index (χ0n) is 15.0. The number of nitrogens with zero attached hydrogens (tertiary/aromatic N) is 1. The van der Waals surface area contributed by atoms with E-state index >= 15 is 0 Å². The highest BCUT2D eigenvalue weighted by atomic mass is 35.5. The number of halogens is 1. The van der Waals surface area contributed by atoms with Gasteiger partial charge in [-0.25, -0.2) is 0 Å². The smallest absolute Gasteiger partial charge is 0.264 e. The lowest BCUT2D eigenvalue weighted by molar-refractivity contribution is -0.135. The maximum atomic E-state index is 13.2. The van der Waals surface area contributed by atoms with Gasteiger partial charge >= 0.3 is 0 Å². The predicted octanol–water partition coefficient (Wildman–Crippen LogP) is 4.45. The van der Waals surface area contributed by atoms with E-state index in [1.165, 1.54) is 11.3 Å². The summed E-state index contributed by atoms with van der Waals surface area (Å²) < 4.78 is 0. The topological polar surface area (TPSA) is 57.6 Å². The van der Waals surface area contributed by atoms with Crippen molar-refractivity contribution in [1.82, 2.24) is 0 Å². The molecule has 6 heteroatoms. The maximum absolute atomic E-state index is 13.2. The summed E-state index contributed by atoms with van der Waals surface area (Å²) >= 11 is 7.43. The number of benzene rings is 2. The molecular weight excluding hydrogens is 394 g/mol. The van der Waals surface area contributed by atoms with Gasteiger partial charge in [0.1, 0.15) is 0 Å². The van der Waals surface area contributed by atoms with Crippen molar-refractivity contribution in [2.45, 2.75) is 18.4 Å². The minimum Gasteiger partial charge on any atom is -0.375 e. The van der Waals surface area contributed by atoms with Crippen molar-refractivity contribution in [1.29, 1.82) is 0 Å². The first-order valence-corrected chi connectivity index (χ1v) is 10.2. The number of amides is 1.